The van der Waals surface area contributed by atoms with Crippen molar-refractivity contribution in [3.63, 3.8) is 0 Å². The molecule has 4 nitrogen and oxygen atoms in total. The van der Waals surface area contributed by atoms with E-state index in [9.17, 15) is 4.79 Å². The Bertz CT molecular complexity index is 426. The van der Waals surface area contributed by atoms with E-state index in [2.05, 4.69) is 39.9 Å². The van der Waals surface area contributed by atoms with Crippen LogP contribution in [0.2, 0.25) is 18.1 Å². The number of carbonyl (C=O) groups excluding carboxylic acids is 1. The van der Waals surface area contributed by atoms with Gasteiger partial charge in [-0.3, -0.25) is 4.79 Å². The van der Waals surface area contributed by atoms with Crippen LogP contribution in [0, 0.1) is 11.8 Å². The zero-order valence-corrected chi connectivity index (χ0v) is 17.3. The highest BCUT2D eigenvalue weighted by Gasteiger charge is 2.44. The van der Waals surface area contributed by atoms with Crippen molar-refractivity contribution in [3.8, 4) is 0 Å². The second-order valence-electron chi connectivity index (χ2n) is 8.42. The van der Waals surface area contributed by atoms with Crippen molar-refractivity contribution < 1.29 is 19.1 Å². The van der Waals surface area contributed by atoms with E-state index in [1.807, 2.05) is 6.08 Å². The number of aliphatic hydroxyl groups excluding tert-OH is 1. The van der Waals surface area contributed by atoms with Gasteiger partial charge in [0.15, 0.2) is 8.32 Å². The lowest BCUT2D eigenvalue weighted by Gasteiger charge is -2.40. The SMILES string of the molecule is COC(=O)C[C@H]1CC[C@@H](O[Si](C)(C)C(C)(C)C)[C@H]1C/C=C\CCO. The number of esters is 1. The molecule has 1 saturated carbocycles. The van der Waals surface area contributed by atoms with Crippen LogP contribution in [-0.4, -0.2) is 39.2 Å². The summed E-state index contributed by atoms with van der Waals surface area (Å²) in [6.45, 7) is 11.5. The molecular weight excluding hydrogens is 320 g/mol. The number of rotatable bonds is 8. The van der Waals surface area contributed by atoms with Crippen molar-refractivity contribution in [2.24, 2.45) is 11.8 Å². The van der Waals surface area contributed by atoms with Crippen molar-refractivity contribution in [2.75, 3.05) is 13.7 Å². The summed E-state index contributed by atoms with van der Waals surface area (Å²) < 4.78 is 11.6. The van der Waals surface area contributed by atoms with Gasteiger partial charge >= 0.3 is 5.97 Å². The molecule has 1 rings (SSSR count). The maximum atomic E-state index is 11.7. The Labute approximate surface area is 148 Å². The van der Waals surface area contributed by atoms with Crippen LogP contribution >= 0.6 is 0 Å². The van der Waals surface area contributed by atoms with Gasteiger partial charge in [-0.1, -0.05) is 32.9 Å². The monoisotopic (exact) mass is 356 g/mol. The molecule has 0 aromatic carbocycles. The van der Waals surface area contributed by atoms with Crippen LogP contribution in [0.15, 0.2) is 12.2 Å². The highest BCUT2D eigenvalue weighted by atomic mass is 28.4. The molecule has 0 bridgehead atoms. The number of hydrogen-bond acceptors (Lipinski definition) is 4. The third kappa shape index (κ3) is 6.01. The van der Waals surface area contributed by atoms with Crippen LogP contribution < -0.4 is 0 Å². The first-order valence-corrected chi connectivity index (χ1v) is 12.0. The standard InChI is InChI=1S/C19H36O4Si/c1-19(2,3)24(5,6)23-17-12-11-15(14-18(21)22-4)16(17)10-8-7-9-13-20/h7-8,15-17,20H,9-14H2,1-6H3/b8-7-/t15-,16+,17-/m1/s1. The van der Waals surface area contributed by atoms with Gasteiger partial charge in [0.25, 0.3) is 0 Å². The van der Waals surface area contributed by atoms with Crippen molar-refractivity contribution in [1.82, 2.24) is 0 Å². The van der Waals surface area contributed by atoms with Crippen molar-refractivity contribution >= 4 is 14.3 Å². The van der Waals surface area contributed by atoms with Crippen LogP contribution in [0.1, 0.15) is 52.9 Å². The van der Waals surface area contributed by atoms with Gasteiger partial charge in [0.05, 0.1) is 7.11 Å². The summed E-state index contributed by atoms with van der Waals surface area (Å²) in [5, 5.41) is 9.11. The van der Waals surface area contributed by atoms with Crippen molar-refractivity contribution in [3.05, 3.63) is 12.2 Å². The molecule has 0 aromatic heterocycles. The minimum atomic E-state index is -1.82. The van der Waals surface area contributed by atoms with E-state index in [0.717, 1.165) is 19.3 Å². The maximum absolute atomic E-state index is 11.7. The highest BCUT2D eigenvalue weighted by molar-refractivity contribution is 6.74. The van der Waals surface area contributed by atoms with Crippen LogP contribution in [0.25, 0.3) is 0 Å². The number of aliphatic hydroxyl groups is 1. The van der Waals surface area contributed by atoms with Gasteiger partial charge in [-0.15, -0.1) is 0 Å². The second kappa shape index (κ2) is 9.16. The number of carbonyl (C=O) groups is 1. The molecule has 1 N–H and O–H groups in total. The van der Waals surface area contributed by atoms with E-state index in [1.54, 1.807) is 0 Å². The van der Waals surface area contributed by atoms with E-state index < -0.39 is 8.32 Å². The molecule has 0 heterocycles. The van der Waals surface area contributed by atoms with Crippen LogP contribution in [0.4, 0.5) is 0 Å². The zero-order valence-electron chi connectivity index (χ0n) is 16.3. The molecule has 0 amide bonds. The molecule has 24 heavy (non-hydrogen) atoms. The minimum absolute atomic E-state index is 0.127. The van der Waals surface area contributed by atoms with Crippen LogP contribution in [0.3, 0.4) is 0 Å². The Hall–Kier alpha value is -0.653. The molecule has 0 saturated heterocycles. The highest BCUT2D eigenvalue weighted by Crippen LogP contribution is 2.44. The third-order valence-electron chi connectivity index (χ3n) is 5.68. The lowest BCUT2D eigenvalue weighted by Crippen LogP contribution is -2.45. The van der Waals surface area contributed by atoms with Gasteiger partial charge in [0, 0.05) is 19.1 Å². The first kappa shape index (κ1) is 21.4. The normalized spacial score (nSPS) is 25.4. The fourth-order valence-corrected chi connectivity index (χ4v) is 4.56. The molecule has 0 radical (unpaired) electrons. The average molecular weight is 357 g/mol. The Kier molecular flexibility index (Phi) is 8.16. The van der Waals surface area contributed by atoms with E-state index in [0.29, 0.717) is 24.7 Å². The summed E-state index contributed by atoms with van der Waals surface area (Å²) in [6, 6.07) is 0. The lowest BCUT2D eigenvalue weighted by atomic mass is 9.89. The fraction of sp³-hybridized carbons (Fsp3) is 0.842. The van der Waals surface area contributed by atoms with E-state index >= 15 is 0 Å². The second-order valence-corrected chi connectivity index (χ2v) is 13.2. The van der Waals surface area contributed by atoms with Gasteiger partial charge in [0.1, 0.15) is 0 Å². The number of allylic oxidation sites excluding steroid dienone is 1. The number of ether oxygens (including phenoxy) is 1. The predicted molar refractivity (Wildman–Crippen MR) is 100 cm³/mol. The van der Waals surface area contributed by atoms with Gasteiger partial charge in [-0.2, -0.15) is 0 Å². The van der Waals surface area contributed by atoms with Crippen molar-refractivity contribution in [1.29, 1.82) is 0 Å². The summed E-state index contributed by atoms with van der Waals surface area (Å²) in [5.74, 6) is 0.552. The molecule has 0 aliphatic heterocycles. The van der Waals surface area contributed by atoms with Gasteiger partial charge in [-0.25, -0.2) is 0 Å². The van der Waals surface area contributed by atoms with Crippen molar-refractivity contribution in [2.45, 2.75) is 77.1 Å². The summed E-state index contributed by atoms with van der Waals surface area (Å²) in [7, 11) is -0.369. The Morgan fingerprint density at radius 1 is 1.25 bits per heavy atom. The fourth-order valence-electron chi connectivity index (χ4n) is 3.15. The van der Waals surface area contributed by atoms with Crippen LogP contribution in [0.5, 0.6) is 0 Å². The average Bonchev–Trinajstić information content (AvgIpc) is 2.84. The number of hydrogen-bond donors (Lipinski definition) is 1. The predicted octanol–water partition coefficient (Wildman–Crippen LogP) is 4.29. The summed E-state index contributed by atoms with van der Waals surface area (Å²) in [5.41, 5.74) is 0. The molecule has 0 unspecified atom stereocenters. The molecule has 0 spiro atoms. The van der Waals surface area contributed by atoms with E-state index in [1.165, 1.54) is 7.11 Å². The summed E-state index contributed by atoms with van der Waals surface area (Å²) in [4.78, 5) is 11.7. The molecule has 140 valence electrons. The van der Waals surface area contributed by atoms with Gasteiger partial charge < -0.3 is 14.3 Å². The third-order valence-corrected chi connectivity index (χ3v) is 10.2. The lowest BCUT2D eigenvalue weighted by molar-refractivity contribution is -0.142. The summed E-state index contributed by atoms with van der Waals surface area (Å²) >= 11 is 0. The Morgan fingerprint density at radius 2 is 1.92 bits per heavy atom. The first-order valence-electron chi connectivity index (χ1n) is 9.13. The van der Waals surface area contributed by atoms with Gasteiger partial charge in [-0.05, 0) is 55.7 Å². The molecule has 5 heteroatoms. The topological polar surface area (TPSA) is 55.8 Å². The van der Waals surface area contributed by atoms with Gasteiger partial charge in [0.2, 0.25) is 0 Å². The molecule has 0 aromatic rings. The number of methoxy groups -OCH3 is 1. The maximum Gasteiger partial charge on any atom is 0.305 e. The largest absolute Gasteiger partial charge is 0.469 e. The first-order chi connectivity index (χ1) is 11.1. The van der Waals surface area contributed by atoms with E-state index in [-0.39, 0.29) is 23.7 Å². The molecule has 1 aliphatic rings. The molecule has 1 aliphatic carbocycles. The Balaban J connectivity index is 2.82. The smallest absolute Gasteiger partial charge is 0.305 e. The summed E-state index contributed by atoms with van der Waals surface area (Å²) in [6.07, 6.45) is 8.49. The van der Waals surface area contributed by atoms with E-state index in [4.69, 9.17) is 14.3 Å². The molecule has 1 fully saturated rings. The Morgan fingerprint density at radius 3 is 2.46 bits per heavy atom. The minimum Gasteiger partial charge on any atom is -0.469 e. The molecular formula is C19H36O4Si. The van der Waals surface area contributed by atoms with Crippen LogP contribution in [-0.2, 0) is 14.0 Å². The molecule has 3 atom stereocenters. The zero-order chi connectivity index (χ0) is 18.4. The quantitative estimate of drug-likeness (QED) is 0.400.